The molecule has 0 aliphatic carbocycles. The van der Waals surface area contributed by atoms with Crippen LogP contribution in [0.5, 0.6) is 11.5 Å². The summed E-state index contributed by atoms with van der Waals surface area (Å²) in [6.07, 6.45) is 2.81. The van der Waals surface area contributed by atoms with Crippen molar-refractivity contribution in [1.82, 2.24) is 9.55 Å². The Balaban J connectivity index is 1.85. The van der Waals surface area contributed by atoms with E-state index in [1.54, 1.807) is 35.5 Å². The largest absolute Gasteiger partial charge is 0.492 e. The van der Waals surface area contributed by atoms with Crippen molar-refractivity contribution in [2.24, 2.45) is 0 Å². The van der Waals surface area contributed by atoms with Crippen LogP contribution in [0.2, 0.25) is 0 Å². The first kappa shape index (κ1) is 20.6. The smallest absolute Gasteiger partial charge is 0.341 e. The Morgan fingerprint density at radius 2 is 2.23 bits per heavy atom. The number of ether oxygens (including phenoxy) is 3. The molecule has 0 spiro atoms. The predicted molar refractivity (Wildman–Crippen MR) is 111 cm³/mol. The third-order valence-electron chi connectivity index (χ3n) is 4.72. The van der Waals surface area contributed by atoms with Gasteiger partial charge in [-0.05, 0) is 6.07 Å². The average Bonchev–Trinajstić information content (AvgIpc) is 3.29. The summed E-state index contributed by atoms with van der Waals surface area (Å²) in [5.41, 5.74) is 1.85. The van der Waals surface area contributed by atoms with Crippen LogP contribution < -0.4 is 14.9 Å². The molecule has 3 aromatic rings. The monoisotopic (exact) mass is 439 g/mol. The molecule has 158 valence electrons. The molecular weight excluding hydrogens is 422 g/mol. The maximum atomic E-state index is 12.4. The molecule has 0 amide bonds. The molecule has 0 bridgehead atoms. The highest BCUT2D eigenvalue weighted by Gasteiger charge is 2.30. The molecule has 0 fully saturated rings. The molecule has 1 atom stereocenters. The van der Waals surface area contributed by atoms with Gasteiger partial charge in [-0.2, -0.15) is 5.26 Å². The normalized spacial score (nSPS) is 14.1. The van der Waals surface area contributed by atoms with Gasteiger partial charge in [-0.25, -0.2) is 4.79 Å². The fourth-order valence-corrected chi connectivity index (χ4v) is 3.93. The molecule has 0 radical (unpaired) electrons. The van der Waals surface area contributed by atoms with E-state index >= 15 is 0 Å². The topological polar surface area (TPSA) is 124 Å². The Morgan fingerprint density at radius 1 is 1.39 bits per heavy atom. The van der Waals surface area contributed by atoms with Gasteiger partial charge >= 0.3 is 5.97 Å². The molecule has 9 nitrogen and oxygen atoms in total. The van der Waals surface area contributed by atoms with E-state index in [2.05, 4.69) is 11.1 Å². The van der Waals surface area contributed by atoms with Crippen molar-refractivity contribution in [2.45, 2.75) is 12.6 Å². The van der Waals surface area contributed by atoms with Crippen LogP contribution in [-0.2, 0) is 4.74 Å². The molecule has 4 rings (SSSR count). The first-order chi connectivity index (χ1) is 15.0. The van der Waals surface area contributed by atoms with Crippen molar-refractivity contribution in [3.8, 4) is 28.8 Å². The zero-order chi connectivity index (χ0) is 22.0. The fraction of sp³-hybridized carbons (Fsp3) is 0.238. The van der Waals surface area contributed by atoms with Gasteiger partial charge in [-0.1, -0.05) is 0 Å². The van der Waals surface area contributed by atoms with Gasteiger partial charge in [0.25, 0.3) is 0 Å². The van der Waals surface area contributed by atoms with Gasteiger partial charge in [0.15, 0.2) is 5.43 Å². The predicted octanol–water partition coefficient (Wildman–Crippen LogP) is 2.90. The highest BCUT2D eigenvalue weighted by atomic mass is 32.1. The molecule has 10 heteroatoms. The van der Waals surface area contributed by atoms with Crippen molar-refractivity contribution in [2.75, 3.05) is 20.3 Å². The number of nitrogens with zero attached hydrogens (tertiary/aromatic N) is 3. The fourth-order valence-electron chi connectivity index (χ4n) is 3.29. The summed E-state index contributed by atoms with van der Waals surface area (Å²) in [7, 11) is 1.60. The number of pyridine rings is 1. The second-order valence-electron chi connectivity index (χ2n) is 6.67. The maximum absolute atomic E-state index is 12.4. The minimum Gasteiger partial charge on any atom is -0.492 e. The highest BCUT2D eigenvalue weighted by Crippen LogP contribution is 2.43. The number of hydrogen-bond donors (Lipinski definition) is 1. The number of carboxylic acids is 1. The first-order valence-electron chi connectivity index (χ1n) is 9.28. The van der Waals surface area contributed by atoms with E-state index in [0.717, 1.165) is 4.88 Å². The standard InChI is InChI=1S/C21H17N3O6S/c1-28-3-2-4-29-17-7-18-13(5-12(17)8-22)15-6-16(25)14(21(26)27)10-24(15)20(30-18)19-9-23-11-31-19/h5-7,9-11,20H,2-4H2,1H3,(H,26,27). The molecule has 3 heterocycles. The summed E-state index contributed by atoms with van der Waals surface area (Å²) in [5.74, 6) is -0.549. The Kier molecular flexibility index (Phi) is 5.70. The summed E-state index contributed by atoms with van der Waals surface area (Å²) in [6, 6.07) is 6.55. The van der Waals surface area contributed by atoms with E-state index in [0.29, 0.717) is 42.4 Å². The van der Waals surface area contributed by atoms with Crippen LogP contribution in [0.3, 0.4) is 0 Å². The molecule has 1 unspecified atom stereocenters. The third-order valence-corrected chi connectivity index (χ3v) is 5.53. The number of carbonyl (C=O) groups is 1. The Labute approximate surface area is 180 Å². The number of carboxylic acid groups (broad SMARTS) is 1. The molecular formula is C21H17N3O6S. The van der Waals surface area contributed by atoms with Crippen LogP contribution in [0.4, 0.5) is 0 Å². The van der Waals surface area contributed by atoms with Gasteiger partial charge in [-0.15, -0.1) is 11.3 Å². The Morgan fingerprint density at radius 3 is 2.90 bits per heavy atom. The molecule has 1 aromatic carbocycles. The molecule has 0 saturated carbocycles. The lowest BCUT2D eigenvalue weighted by molar-refractivity contribution is 0.0693. The summed E-state index contributed by atoms with van der Waals surface area (Å²) in [5, 5.41) is 19.0. The Bertz CT molecular complexity index is 1230. The van der Waals surface area contributed by atoms with E-state index < -0.39 is 17.6 Å². The third kappa shape index (κ3) is 3.88. The van der Waals surface area contributed by atoms with Crippen molar-refractivity contribution in [3.05, 3.63) is 62.3 Å². The number of hydrogen-bond acceptors (Lipinski definition) is 8. The van der Waals surface area contributed by atoms with Gasteiger partial charge < -0.3 is 23.9 Å². The molecule has 2 aromatic heterocycles. The van der Waals surface area contributed by atoms with E-state index in [1.807, 2.05) is 0 Å². The number of rotatable bonds is 7. The van der Waals surface area contributed by atoms with Crippen molar-refractivity contribution >= 4 is 17.3 Å². The lowest BCUT2D eigenvalue weighted by atomic mass is 10.0. The van der Waals surface area contributed by atoms with E-state index in [1.165, 1.54) is 23.6 Å². The second kappa shape index (κ2) is 8.59. The highest BCUT2D eigenvalue weighted by molar-refractivity contribution is 7.09. The number of methoxy groups -OCH3 is 1. The molecule has 1 aliphatic rings. The quantitative estimate of drug-likeness (QED) is 0.558. The van der Waals surface area contributed by atoms with Gasteiger partial charge in [0.1, 0.15) is 23.1 Å². The number of aromatic carboxylic acids is 1. The summed E-state index contributed by atoms with van der Waals surface area (Å²) in [6.45, 7) is 0.885. The zero-order valence-electron chi connectivity index (χ0n) is 16.4. The van der Waals surface area contributed by atoms with Crippen LogP contribution in [-0.4, -0.2) is 41.0 Å². The van der Waals surface area contributed by atoms with Crippen molar-refractivity contribution < 1.29 is 24.1 Å². The van der Waals surface area contributed by atoms with Crippen LogP contribution in [0.25, 0.3) is 11.3 Å². The lowest BCUT2D eigenvalue weighted by Crippen LogP contribution is -2.27. The van der Waals surface area contributed by atoms with E-state index in [4.69, 9.17) is 14.2 Å². The van der Waals surface area contributed by atoms with Crippen molar-refractivity contribution in [1.29, 1.82) is 5.26 Å². The second-order valence-corrected chi connectivity index (χ2v) is 7.59. The average molecular weight is 439 g/mol. The van der Waals surface area contributed by atoms with Crippen LogP contribution in [0.15, 0.2) is 40.9 Å². The van der Waals surface area contributed by atoms with Crippen LogP contribution in [0, 0.1) is 11.3 Å². The number of fused-ring (bicyclic) bond motifs is 3. The summed E-state index contributed by atoms with van der Waals surface area (Å²) >= 11 is 1.34. The SMILES string of the molecule is COCCCOc1cc2c(cc1C#N)-c1cc(=O)c(C(=O)O)cn1C(c1cncs1)O2. The van der Waals surface area contributed by atoms with Crippen LogP contribution >= 0.6 is 11.3 Å². The van der Waals surface area contributed by atoms with Gasteiger partial charge in [-0.3, -0.25) is 9.78 Å². The van der Waals surface area contributed by atoms with Crippen molar-refractivity contribution in [3.63, 3.8) is 0 Å². The van der Waals surface area contributed by atoms with Gasteiger partial charge in [0.05, 0.1) is 28.3 Å². The summed E-state index contributed by atoms with van der Waals surface area (Å²) < 4.78 is 18.5. The summed E-state index contributed by atoms with van der Waals surface area (Å²) in [4.78, 5) is 28.7. The maximum Gasteiger partial charge on any atom is 0.341 e. The van der Waals surface area contributed by atoms with Gasteiger partial charge in [0.2, 0.25) is 6.23 Å². The Hall–Kier alpha value is -3.68. The van der Waals surface area contributed by atoms with E-state index in [9.17, 15) is 20.0 Å². The first-order valence-corrected chi connectivity index (χ1v) is 10.2. The zero-order valence-corrected chi connectivity index (χ0v) is 17.2. The molecule has 1 N–H and O–H groups in total. The van der Waals surface area contributed by atoms with Crippen LogP contribution in [0.1, 0.15) is 33.4 Å². The number of thiazole rings is 1. The number of benzene rings is 1. The minimum atomic E-state index is -1.33. The number of aromatic nitrogens is 2. The minimum absolute atomic E-state index is 0.275. The lowest BCUT2D eigenvalue weighted by Gasteiger charge is -2.31. The molecule has 1 aliphatic heterocycles. The van der Waals surface area contributed by atoms with E-state index in [-0.39, 0.29) is 11.1 Å². The number of nitriles is 1. The molecule has 31 heavy (non-hydrogen) atoms. The molecule has 0 saturated heterocycles. The van der Waals surface area contributed by atoms with Gasteiger partial charge in [0, 0.05) is 50.2 Å².